The summed E-state index contributed by atoms with van der Waals surface area (Å²) in [5.41, 5.74) is 1.83. The van der Waals surface area contributed by atoms with Crippen LogP contribution in [-0.4, -0.2) is 32.3 Å². The van der Waals surface area contributed by atoms with Crippen LogP contribution >= 0.6 is 0 Å². The van der Waals surface area contributed by atoms with E-state index >= 15 is 0 Å². The molecule has 112 valence electrons. The maximum Gasteiger partial charge on any atom is 0.401 e. The molecule has 0 bridgehead atoms. The minimum atomic E-state index is -4.31. The van der Waals surface area contributed by atoms with E-state index < -0.39 is 18.6 Å². The van der Waals surface area contributed by atoms with Crippen LogP contribution in [0.3, 0.4) is 0 Å². The van der Waals surface area contributed by atoms with E-state index in [4.69, 9.17) is 4.74 Å². The van der Waals surface area contributed by atoms with Crippen LogP contribution in [0.1, 0.15) is 11.1 Å². The third kappa shape index (κ3) is 7.10. The predicted molar refractivity (Wildman–Crippen MR) is 67.9 cm³/mol. The molecule has 1 rings (SSSR count). The lowest BCUT2D eigenvalue weighted by Gasteiger charge is -2.09. The molecule has 0 unspecified atom stereocenters. The SMILES string of the molecule is COCc1cccc(CNC(=O)CNCC(F)(F)F)c1. The summed E-state index contributed by atoms with van der Waals surface area (Å²) in [6.07, 6.45) is -4.31. The molecule has 0 spiro atoms. The Balaban J connectivity index is 2.32. The number of hydrogen-bond donors (Lipinski definition) is 2. The highest BCUT2D eigenvalue weighted by molar-refractivity contribution is 5.77. The maximum atomic E-state index is 11.9. The van der Waals surface area contributed by atoms with Gasteiger partial charge in [0, 0.05) is 13.7 Å². The lowest BCUT2D eigenvalue weighted by Crippen LogP contribution is -2.38. The molecule has 0 aliphatic heterocycles. The molecule has 1 amide bonds. The molecule has 0 heterocycles. The second kappa shape index (κ2) is 7.86. The van der Waals surface area contributed by atoms with Gasteiger partial charge in [-0.05, 0) is 11.1 Å². The summed E-state index contributed by atoms with van der Waals surface area (Å²) < 4.78 is 40.6. The van der Waals surface area contributed by atoms with Gasteiger partial charge in [-0.15, -0.1) is 0 Å². The molecule has 0 aliphatic rings. The highest BCUT2D eigenvalue weighted by Gasteiger charge is 2.26. The molecule has 0 radical (unpaired) electrons. The van der Waals surface area contributed by atoms with Crippen molar-refractivity contribution >= 4 is 5.91 Å². The average Bonchev–Trinajstić information content (AvgIpc) is 2.36. The fourth-order valence-electron chi connectivity index (χ4n) is 1.58. The Morgan fingerprint density at radius 2 is 2.00 bits per heavy atom. The molecule has 0 saturated carbocycles. The van der Waals surface area contributed by atoms with Gasteiger partial charge in [-0.3, -0.25) is 4.79 Å². The first-order chi connectivity index (χ1) is 9.40. The highest BCUT2D eigenvalue weighted by Crippen LogP contribution is 2.11. The normalized spacial score (nSPS) is 11.4. The summed E-state index contributed by atoms with van der Waals surface area (Å²) in [6, 6.07) is 7.41. The molecule has 0 fully saturated rings. The maximum absolute atomic E-state index is 11.9. The quantitative estimate of drug-likeness (QED) is 0.802. The summed E-state index contributed by atoms with van der Waals surface area (Å²) in [4.78, 5) is 11.3. The van der Waals surface area contributed by atoms with E-state index in [0.29, 0.717) is 6.61 Å². The van der Waals surface area contributed by atoms with Crippen molar-refractivity contribution in [1.29, 1.82) is 0 Å². The zero-order chi connectivity index (χ0) is 15.0. The molecule has 0 aromatic heterocycles. The first-order valence-corrected chi connectivity index (χ1v) is 6.01. The fourth-order valence-corrected chi connectivity index (χ4v) is 1.58. The molecule has 2 N–H and O–H groups in total. The highest BCUT2D eigenvalue weighted by atomic mass is 19.4. The van der Waals surface area contributed by atoms with Crippen LogP contribution in [-0.2, 0) is 22.7 Å². The van der Waals surface area contributed by atoms with Gasteiger partial charge < -0.3 is 15.4 Å². The number of benzene rings is 1. The summed E-state index contributed by atoms with van der Waals surface area (Å²) in [5.74, 6) is -0.480. The van der Waals surface area contributed by atoms with E-state index in [9.17, 15) is 18.0 Å². The fraction of sp³-hybridized carbons (Fsp3) is 0.462. The molecule has 1 aromatic carbocycles. The topological polar surface area (TPSA) is 50.4 Å². The summed E-state index contributed by atoms with van der Waals surface area (Å²) in [5, 5.41) is 4.58. The number of alkyl halides is 3. The number of halogens is 3. The first-order valence-electron chi connectivity index (χ1n) is 6.01. The van der Waals surface area contributed by atoms with Gasteiger partial charge >= 0.3 is 6.18 Å². The number of nitrogens with one attached hydrogen (secondary N) is 2. The Labute approximate surface area is 115 Å². The Bertz CT molecular complexity index is 436. The van der Waals surface area contributed by atoms with Gasteiger partial charge in [-0.1, -0.05) is 24.3 Å². The Morgan fingerprint density at radius 1 is 1.30 bits per heavy atom. The lowest BCUT2D eigenvalue weighted by molar-refractivity contribution is -0.128. The third-order valence-corrected chi connectivity index (χ3v) is 2.40. The summed E-state index contributed by atoms with van der Waals surface area (Å²) in [6.45, 7) is -0.806. The van der Waals surface area contributed by atoms with Gasteiger partial charge in [0.25, 0.3) is 0 Å². The first kappa shape index (κ1) is 16.5. The van der Waals surface area contributed by atoms with E-state index in [1.807, 2.05) is 29.6 Å². The van der Waals surface area contributed by atoms with Gasteiger partial charge in [0.15, 0.2) is 0 Å². The molecule has 0 atom stereocenters. The minimum absolute atomic E-state index is 0.268. The van der Waals surface area contributed by atoms with Crippen LogP contribution in [0, 0.1) is 0 Å². The summed E-state index contributed by atoms with van der Waals surface area (Å²) >= 11 is 0. The zero-order valence-electron chi connectivity index (χ0n) is 11.1. The Hall–Kier alpha value is -1.60. The van der Waals surface area contributed by atoms with Gasteiger partial charge in [-0.2, -0.15) is 13.2 Å². The lowest BCUT2D eigenvalue weighted by atomic mass is 10.1. The van der Waals surface area contributed by atoms with Crippen molar-refractivity contribution in [2.75, 3.05) is 20.2 Å². The molecule has 20 heavy (non-hydrogen) atoms. The summed E-state index contributed by atoms with van der Waals surface area (Å²) in [7, 11) is 1.58. The molecule has 4 nitrogen and oxygen atoms in total. The van der Waals surface area contributed by atoms with Crippen LogP contribution in [0.2, 0.25) is 0 Å². The number of hydrogen-bond acceptors (Lipinski definition) is 3. The van der Waals surface area contributed by atoms with Crippen LogP contribution < -0.4 is 10.6 Å². The number of carbonyl (C=O) groups excluding carboxylic acids is 1. The van der Waals surface area contributed by atoms with Crippen molar-refractivity contribution in [3.05, 3.63) is 35.4 Å². The molecule has 0 aliphatic carbocycles. The minimum Gasteiger partial charge on any atom is -0.380 e. The smallest absolute Gasteiger partial charge is 0.380 e. The van der Waals surface area contributed by atoms with Crippen LogP contribution in [0.4, 0.5) is 13.2 Å². The van der Waals surface area contributed by atoms with Crippen LogP contribution in [0.5, 0.6) is 0 Å². The zero-order valence-corrected chi connectivity index (χ0v) is 11.1. The van der Waals surface area contributed by atoms with Crippen molar-refractivity contribution in [3.8, 4) is 0 Å². The van der Waals surface area contributed by atoms with Crippen molar-refractivity contribution in [2.24, 2.45) is 0 Å². The molecule has 7 heteroatoms. The van der Waals surface area contributed by atoms with Gasteiger partial charge in [0.05, 0.1) is 19.7 Å². The number of rotatable bonds is 7. The van der Waals surface area contributed by atoms with Crippen molar-refractivity contribution < 1.29 is 22.7 Å². The van der Waals surface area contributed by atoms with Crippen molar-refractivity contribution in [1.82, 2.24) is 10.6 Å². The average molecular weight is 290 g/mol. The third-order valence-electron chi connectivity index (χ3n) is 2.40. The predicted octanol–water partition coefficient (Wildman–Crippen LogP) is 1.60. The van der Waals surface area contributed by atoms with Crippen molar-refractivity contribution in [3.63, 3.8) is 0 Å². The van der Waals surface area contributed by atoms with Gasteiger partial charge in [0.2, 0.25) is 5.91 Å². The molecular formula is C13H17F3N2O2. The Morgan fingerprint density at radius 3 is 2.65 bits per heavy atom. The van der Waals surface area contributed by atoms with E-state index in [1.165, 1.54) is 0 Å². The van der Waals surface area contributed by atoms with Crippen molar-refractivity contribution in [2.45, 2.75) is 19.3 Å². The second-order valence-electron chi connectivity index (χ2n) is 4.25. The molecule has 0 saturated heterocycles. The van der Waals surface area contributed by atoms with Crippen LogP contribution in [0.15, 0.2) is 24.3 Å². The van der Waals surface area contributed by atoms with Crippen LogP contribution in [0.25, 0.3) is 0 Å². The Kier molecular flexibility index (Phi) is 6.47. The van der Waals surface area contributed by atoms with E-state index in [1.54, 1.807) is 7.11 Å². The molecular weight excluding hydrogens is 273 g/mol. The number of methoxy groups -OCH3 is 1. The van der Waals surface area contributed by atoms with Gasteiger partial charge in [-0.25, -0.2) is 0 Å². The van der Waals surface area contributed by atoms with E-state index in [-0.39, 0.29) is 13.1 Å². The number of ether oxygens (including phenoxy) is 1. The van der Waals surface area contributed by atoms with E-state index in [0.717, 1.165) is 11.1 Å². The standard InChI is InChI=1S/C13H17F3N2O2/c1-20-8-11-4-2-3-10(5-11)6-18-12(19)7-17-9-13(14,15)16/h2-5,17H,6-9H2,1H3,(H,18,19). The monoisotopic (exact) mass is 290 g/mol. The number of amides is 1. The largest absolute Gasteiger partial charge is 0.401 e. The second-order valence-corrected chi connectivity index (χ2v) is 4.25. The number of carbonyl (C=O) groups is 1. The molecule has 1 aromatic rings. The van der Waals surface area contributed by atoms with E-state index in [2.05, 4.69) is 5.32 Å². The van der Waals surface area contributed by atoms with Gasteiger partial charge in [0.1, 0.15) is 0 Å².